The summed E-state index contributed by atoms with van der Waals surface area (Å²) in [4.78, 5) is 16.0. The Balaban J connectivity index is 1.90. The van der Waals surface area contributed by atoms with Gasteiger partial charge in [0.15, 0.2) is 6.10 Å². The lowest BCUT2D eigenvalue weighted by Crippen LogP contribution is -2.37. The summed E-state index contributed by atoms with van der Waals surface area (Å²) in [5, 5.41) is 2.82. The Morgan fingerprint density at radius 2 is 1.90 bits per heavy atom. The molecule has 110 valence electrons. The van der Waals surface area contributed by atoms with E-state index in [2.05, 4.69) is 10.3 Å². The Labute approximate surface area is 123 Å². The number of ether oxygens (including phenoxy) is 1. The van der Waals surface area contributed by atoms with Gasteiger partial charge in [0.05, 0.1) is 0 Å². The van der Waals surface area contributed by atoms with Gasteiger partial charge in [0.25, 0.3) is 5.91 Å². The van der Waals surface area contributed by atoms with Gasteiger partial charge in [0, 0.05) is 18.9 Å². The Hall–Kier alpha value is -2.43. The molecular weight excluding hydrogens is 271 g/mol. The minimum absolute atomic E-state index is 0.196. The molecule has 0 fully saturated rings. The van der Waals surface area contributed by atoms with Crippen LogP contribution in [0.2, 0.25) is 0 Å². The summed E-state index contributed by atoms with van der Waals surface area (Å²) in [7, 11) is 0. The van der Waals surface area contributed by atoms with Crippen LogP contribution in [0.3, 0.4) is 0 Å². The van der Waals surface area contributed by atoms with Crippen molar-refractivity contribution in [3.63, 3.8) is 0 Å². The van der Waals surface area contributed by atoms with Crippen LogP contribution in [0.1, 0.15) is 18.9 Å². The standard InChI is InChI=1S/C16H17FN2O2/c1-2-15(21-14-5-3-13(17)4-6-14)16(20)19-11-12-7-9-18-10-8-12/h3-10,15H,2,11H2,1H3,(H,19,20). The monoisotopic (exact) mass is 288 g/mol. The molecule has 21 heavy (non-hydrogen) atoms. The van der Waals surface area contributed by atoms with Crippen LogP contribution in [0.4, 0.5) is 4.39 Å². The molecule has 1 aromatic carbocycles. The molecule has 5 heteroatoms. The highest BCUT2D eigenvalue weighted by Gasteiger charge is 2.17. The first-order valence-electron chi connectivity index (χ1n) is 6.78. The maximum Gasteiger partial charge on any atom is 0.261 e. The maximum absolute atomic E-state index is 12.8. The molecule has 4 nitrogen and oxygen atoms in total. The van der Waals surface area contributed by atoms with Gasteiger partial charge in [0.1, 0.15) is 11.6 Å². The van der Waals surface area contributed by atoms with Crippen molar-refractivity contribution in [2.24, 2.45) is 0 Å². The van der Waals surface area contributed by atoms with Crippen molar-refractivity contribution < 1.29 is 13.9 Å². The van der Waals surface area contributed by atoms with Gasteiger partial charge < -0.3 is 10.1 Å². The van der Waals surface area contributed by atoms with Crippen LogP contribution in [0.15, 0.2) is 48.8 Å². The average Bonchev–Trinajstić information content (AvgIpc) is 2.53. The SMILES string of the molecule is CCC(Oc1ccc(F)cc1)C(=O)NCc1ccncc1. The third-order valence-electron chi connectivity index (χ3n) is 2.97. The Bertz CT molecular complexity index is 573. The first kappa shape index (κ1) is 15.0. The van der Waals surface area contributed by atoms with E-state index in [1.54, 1.807) is 12.4 Å². The number of aromatic nitrogens is 1. The van der Waals surface area contributed by atoms with Crippen molar-refractivity contribution in [3.8, 4) is 5.75 Å². The van der Waals surface area contributed by atoms with Gasteiger partial charge in [-0.15, -0.1) is 0 Å². The van der Waals surface area contributed by atoms with Crippen LogP contribution in [0.5, 0.6) is 5.75 Å². The van der Waals surface area contributed by atoms with Crippen molar-refractivity contribution in [1.29, 1.82) is 0 Å². The lowest BCUT2D eigenvalue weighted by Gasteiger charge is -2.17. The minimum Gasteiger partial charge on any atom is -0.481 e. The molecule has 0 saturated carbocycles. The number of hydrogen-bond donors (Lipinski definition) is 1. The van der Waals surface area contributed by atoms with E-state index in [1.165, 1.54) is 24.3 Å². The fourth-order valence-electron chi connectivity index (χ4n) is 1.80. The molecule has 0 aliphatic carbocycles. The van der Waals surface area contributed by atoms with Crippen molar-refractivity contribution in [3.05, 3.63) is 60.2 Å². The number of hydrogen-bond acceptors (Lipinski definition) is 3. The molecule has 2 aromatic rings. The van der Waals surface area contributed by atoms with Gasteiger partial charge in [-0.1, -0.05) is 6.92 Å². The van der Waals surface area contributed by atoms with Crippen molar-refractivity contribution >= 4 is 5.91 Å². The van der Waals surface area contributed by atoms with Crippen LogP contribution < -0.4 is 10.1 Å². The van der Waals surface area contributed by atoms with Crippen LogP contribution in [-0.4, -0.2) is 17.0 Å². The van der Waals surface area contributed by atoms with Crippen LogP contribution in [0.25, 0.3) is 0 Å². The predicted molar refractivity (Wildman–Crippen MR) is 77.2 cm³/mol. The number of halogens is 1. The largest absolute Gasteiger partial charge is 0.481 e. The molecule has 0 saturated heterocycles. The third-order valence-corrected chi connectivity index (χ3v) is 2.97. The Morgan fingerprint density at radius 3 is 2.52 bits per heavy atom. The maximum atomic E-state index is 12.8. The normalized spacial score (nSPS) is 11.7. The van der Waals surface area contributed by atoms with Crippen molar-refractivity contribution in [2.75, 3.05) is 0 Å². The molecule has 1 aromatic heterocycles. The molecule has 1 atom stereocenters. The number of amides is 1. The first-order chi connectivity index (χ1) is 10.2. The molecule has 1 N–H and O–H groups in total. The first-order valence-corrected chi connectivity index (χ1v) is 6.78. The van der Waals surface area contributed by atoms with Crippen LogP contribution in [-0.2, 0) is 11.3 Å². The molecule has 1 heterocycles. The number of benzene rings is 1. The van der Waals surface area contributed by atoms with Crippen molar-refractivity contribution in [1.82, 2.24) is 10.3 Å². The lowest BCUT2D eigenvalue weighted by molar-refractivity contribution is -0.128. The van der Waals surface area contributed by atoms with Gasteiger partial charge in [0.2, 0.25) is 0 Å². The van der Waals surface area contributed by atoms with Gasteiger partial charge in [-0.2, -0.15) is 0 Å². The molecule has 0 bridgehead atoms. The van der Waals surface area contributed by atoms with Gasteiger partial charge in [-0.3, -0.25) is 9.78 Å². The molecule has 0 radical (unpaired) electrons. The fraction of sp³-hybridized carbons (Fsp3) is 0.250. The number of rotatable bonds is 6. The molecule has 0 spiro atoms. The van der Waals surface area contributed by atoms with E-state index in [4.69, 9.17) is 4.74 Å². The van der Waals surface area contributed by atoms with E-state index in [-0.39, 0.29) is 11.7 Å². The summed E-state index contributed by atoms with van der Waals surface area (Å²) in [6, 6.07) is 9.29. The number of pyridine rings is 1. The average molecular weight is 288 g/mol. The zero-order valence-electron chi connectivity index (χ0n) is 11.8. The second-order valence-corrected chi connectivity index (χ2v) is 4.54. The van der Waals surface area contributed by atoms with Crippen molar-refractivity contribution in [2.45, 2.75) is 26.0 Å². The Morgan fingerprint density at radius 1 is 1.24 bits per heavy atom. The number of nitrogens with zero attached hydrogens (tertiary/aromatic N) is 1. The molecule has 1 unspecified atom stereocenters. The number of carbonyl (C=O) groups excluding carboxylic acids is 1. The fourth-order valence-corrected chi connectivity index (χ4v) is 1.80. The van der Waals surface area contributed by atoms with E-state index in [1.807, 2.05) is 19.1 Å². The molecular formula is C16H17FN2O2. The lowest BCUT2D eigenvalue weighted by atomic mass is 10.2. The summed E-state index contributed by atoms with van der Waals surface area (Å²) >= 11 is 0. The summed E-state index contributed by atoms with van der Waals surface area (Å²) in [5.41, 5.74) is 0.968. The summed E-state index contributed by atoms with van der Waals surface area (Å²) in [6.45, 7) is 2.28. The summed E-state index contributed by atoms with van der Waals surface area (Å²) < 4.78 is 18.4. The van der Waals surface area contributed by atoms with E-state index in [0.717, 1.165) is 5.56 Å². The highest BCUT2D eigenvalue weighted by molar-refractivity contribution is 5.81. The predicted octanol–water partition coefficient (Wildman–Crippen LogP) is 2.69. The van der Waals surface area contributed by atoms with E-state index < -0.39 is 6.10 Å². The second kappa shape index (κ2) is 7.38. The van der Waals surface area contributed by atoms with Gasteiger partial charge in [-0.25, -0.2) is 4.39 Å². The second-order valence-electron chi connectivity index (χ2n) is 4.54. The van der Waals surface area contributed by atoms with E-state index in [0.29, 0.717) is 18.7 Å². The van der Waals surface area contributed by atoms with Gasteiger partial charge >= 0.3 is 0 Å². The zero-order chi connectivity index (χ0) is 15.1. The highest BCUT2D eigenvalue weighted by Crippen LogP contribution is 2.14. The van der Waals surface area contributed by atoms with E-state index in [9.17, 15) is 9.18 Å². The highest BCUT2D eigenvalue weighted by atomic mass is 19.1. The van der Waals surface area contributed by atoms with Crippen LogP contribution in [0, 0.1) is 5.82 Å². The smallest absolute Gasteiger partial charge is 0.261 e. The number of nitrogens with one attached hydrogen (secondary N) is 1. The van der Waals surface area contributed by atoms with E-state index >= 15 is 0 Å². The molecule has 0 aliphatic heterocycles. The van der Waals surface area contributed by atoms with Crippen LogP contribution >= 0.6 is 0 Å². The Kier molecular flexibility index (Phi) is 5.26. The zero-order valence-corrected chi connectivity index (χ0v) is 11.8. The third kappa shape index (κ3) is 4.56. The van der Waals surface area contributed by atoms with Gasteiger partial charge in [-0.05, 0) is 48.4 Å². The summed E-state index contributed by atoms with van der Waals surface area (Å²) in [5.74, 6) is -0.0570. The topological polar surface area (TPSA) is 51.2 Å². The number of carbonyl (C=O) groups is 1. The minimum atomic E-state index is -0.600. The molecule has 2 rings (SSSR count). The summed E-state index contributed by atoms with van der Waals surface area (Å²) in [6.07, 6.45) is 3.28. The molecule has 0 aliphatic rings. The quantitative estimate of drug-likeness (QED) is 0.889. The molecule has 1 amide bonds.